The van der Waals surface area contributed by atoms with Crippen LogP contribution in [-0.4, -0.2) is 54.8 Å². The van der Waals surface area contributed by atoms with E-state index in [-0.39, 0.29) is 60.3 Å². The highest BCUT2D eigenvalue weighted by Gasteiger charge is 2.40. The fraction of sp³-hybridized carbons (Fsp3) is 0.467. The number of rotatable bonds is 12. The number of benzene rings is 2. The molecule has 2 atom stereocenters. The average Bonchev–Trinajstić information content (AvgIpc) is 3.17. The molecule has 9 heteroatoms. The molecule has 1 saturated carbocycles. The number of amides is 2. The molecule has 4 rings (SSSR count). The minimum absolute atomic E-state index is 0. The summed E-state index contributed by atoms with van der Waals surface area (Å²) < 4.78 is 4.80. The number of carbonyl (C=O) groups excluding carboxylic acids is 3. The number of hydrogen-bond donors (Lipinski definition) is 3. The van der Waals surface area contributed by atoms with Crippen molar-refractivity contribution in [3.05, 3.63) is 71.3 Å². The van der Waals surface area contributed by atoms with Crippen molar-refractivity contribution in [1.82, 2.24) is 10.2 Å². The number of nitrogen functional groups attached to an aromatic ring is 1. The van der Waals surface area contributed by atoms with E-state index in [1.54, 1.807) is 0 Å². The molecule has 2 aliphatic rings. The third-order valence-corrected chi connectivity index (χ3v) is 7.96. The van der Waals surface area contributed by atoms with Crippen LogP contribution in [0.3, 0.4) is 0 Å². The van der Waals surface area contributed by atoms with Crippen LogP contribution in [0.25, 0.3) is 0 Å². The van der Waals surface area contributed by atoms with E-state index in [9.17, 15) is 14.4 Å². The summed E-state index contributed by atoms with van der Waals surface area (Å²) in [7, 11) is 1.35. The average molecular weight is 555 g/mol. The Balaban J connectivity index is 0.00000420. The van der Waals surface area contributed by atoms with Gasteiger partial charge >= 0.3 is 5.97 Å². The molecule has 1 aliphatic carbocycles. The van der Waals surface area contributed by atoms with Gasteiger partial charge in [0.1, 0.15) is 5.84 Å². The first kappa shape index (κ1) is 30.2. The molecular formula is C30H39ClN4O4. The molecule has 39 heavy (non-hydrogen) atoms. The predicted octanol–water partition coefficient (Wildman–Crippen LogP) is 3.81. The Bertz CT molecular complexity index is 1140. The van der Waals surface area contributed by atoms with E-state index < -0.39 is 0 Å². The van der Waals surface area contributed by atoms with Crippen molar-refractivity contribution in [2.24, 2.45) is 17.6 Å². The summed E-state index contributed by atoms with van der Waals surface area (Å²) in [6.07, 6.45) is 4.72. The molecule has 0 spiro atoms. The number of halogens is 1. The quantitative estimate of drug-likeness (QED) is 0.209. The summed E-state index contributed by atoms with van der Waals surface area (Å²) in [5, 5.41) is 10.6. The van der Waals surface area contributed by atoms with Gasteiger partial charge in [0, 0.05) is 30.6 Å². The van der Waals surface area contributed by atoms with Gasteiger partial charge in [-0.25, -0.2) is 0 Å². The molecule has 8 nitrogen and oxygen atoms in total. The van der Waals surface area contributed by atoms with E-state index in [0.29, 0.717) is 37.4 Å². The first-order valence-electron chi connectivity index (χ1n) is 13.5. The molecule has 1 saturated heterocycles. The zero-order valence-corrected chi connectivity index (χ0v) is 23.3. The number of nitrogens with two attached hydrogens (primary N) is 1. The molecule has 1 aliphatic heterocycles. The van der Waals surface area contributed by atoms with Gasteiger partial charge in [0.05, 0.1) is 19.4 Å². The number of esters is 1. The third-order valence-electron chi connectivity index (χ3n) is 7.96. The van der Waals surface area contributed by atoms with Crippen LogP contribution in [0.5, 0.6) is 0 Å². The Kier molecular flexibility index (Phi) is 10.9. The van der Waals surface area contributed by atoms with E-state index in [1.807, 2.05) is 47.4 Å². The summed E-state index contributed by atoms with van der Waals surface area (Å²) in [5.41, 5.74) is 8.64. The van der Waals surface area contributed by atoms with Gasteiger partial charge in [-0.1, -0.05) is 54.6 Å². The van der Waals surface area contributed by atoms with Crippen LogP contribution in [-0.2, 0) is 25.5 Å². The summed E-state index contributed by atoms with van der Waals surface area (Å²) in [6.45, 7) is 1.14. The third kappa shape index (κ3) is 7.82. The number of aryl methyl sites for hydroxylation is 1. The molecular weight excluding hydrogens is 516 g/mol. The van der Waals surface area contributed by atoms with Gasteiger partial charge in [-0.05, 0) is 55.6 Å². The monoisotopic (exact) mass is 554 g/mol. The lowest BCUT2D eigenvalue weighted by atomic mass is 9.71. The molecule has 0 unspecified atom stereocenters. The van der Waals surface area contributed by atoms with Crippen molar-refractivity contribution in [1.29, 1.82) is 5.41 Å². The van der Waals surface area contributed by atoms with Crippen LogP contribution in [0, 0.1) is 17.2 Å². The van der Waals surface area contributed by atoms with E-state index in [0.717, 1.165) is 25.7 Å². The van der Waals surface area contributed by atoms with Crippen molar-refractivity contribution < 1.29 is 19.1 Å². The normalized spacial score (nSPS) is 22.0. The van der Waals surface area contributed by atoms with E-state index in [4.69, 9.17) is 15.9 Å². The highest BCUT2D eigenvalue weighted by atomic mass is 35.5. The van der Waals surface area contributed by atoms with Gasteiger partial charge < -0.3 is 20.7 Å². The molecule has 2 fully saturated rings. The fourth-order valence-corrected chi connectivity index (χ4v) is 5.64. The maximum Gasteiger partial charge on any atom is 0.306 e. The van der Waals surface area contributed by atoms with Crippen molar-refractivity contribution in [2.45, 2.75) is 56.9 Å². The van der Waals surface area contributed by atoms with Crippen molar-refractivity contribution >= 4 is 36.0 Å². The van der Waals surface area contributed by atoms with Crippen molar-refractivity contribution in [3.8, 4) is 0 Å². The molecule has 0 bridgehead atoms. The topological polar surface area (TPSA) is 126 Å². The molecule has 4 N–H and O–H groups in total. The molecule has 2 aromatic rings. The van der Waals surface area contributed by atoms with E-state index in [2.05, 4.69) is 17.4 Å². The van der Waals surface area contributed by atoms with Gasteiger partial charge in [-0.3, -0.25) is 19.8 Å². The lowest BCUT2D eigenvalue weighted by Crippen LogP contribution is -2.41. The maximum absolute atomic E-state index is 13.1. The Morgan fingerprint density at radius 2 is 1.77 bits per heavy atom. The van der Waals surface area contributed by atoms with Gasteiger partial charge in [0.2, 0.25) is 11.8 Å². The summed E-state index contributed by atoms with van der Waals surface area (Å²) in [4.78, 5) is 39.6. The SMILES string of the molecule is COC(=O)C[C@@H]1C[C@@H](CCNC(=O)C2CC(c3ccc(C(=N)N)cc3)C2)N(CCCc2ccccc2)C1=O.Cl. The van der Waals surface area contributed by atoms with Crippen LogP contribution < -0.4 is 11.1 Å². The zero-order valence-electron chi connectivity index (χ0n) is 22.4. The maximum atomic E-state index is 13.1. The summed E-state index contributed by atoms with van der Waals surface area (Å²) in [6, 6.07) is 17.9. The molecule has 2 amide bonds. The van der Waals surface area contributed by atoms with Gasteiger partial charge in [-0.15, -0.1) is 12.4 Å². The van der Waals surface area contributed by atoms with Gasteiger partial charge in [0.15, 0.2) is 0 Å². The lowest BCUT2D eigenvalue weighted by molar-refractivity contribution is -0.144. The van der Waals surface area contributed by atoms with Crippen LogP contribution >= 0.6 is 12.4 Å². The number of nitrogens with one attached hydrogen (secondary N) is 2. The van der Waals surface area contributed by atoms with Crippen LogP contribution in [0.15, 0.2) is 54.6 Å². The highest BCUT2D eigenvalue weighted by molar-refractivity contribution is 5.94. The van der Waals surface area contributed by atoms with Gasteiger partial charge in [0.25, 0.3) is 0 Å². The number of likely N-dealkylation sites (tertiary alicyclic amines) is 1. The largest absolute Gasteiger partial charge is 0.469 e. The summed E-state index contributed by atoms with van der Waals surface area (Å²) >= 11 is 0. The number of hydrogen-bond acceptors (Lipinski definition) is 5. The molecule has 210 valence electrons. The van der Waals surface area contributed by atoms with Crippen LogP contribution in [0.2, 0.25) is 0 Å². The molecule has 2 aromatic carbocycles. The van der Waals surface area contributed by atoms with Crippen molar-refractivity contribution in [2.75, 3.05) is 20.2 Å². The first-order valence-corrected chi connectivity index (χ1v) is 13.5. The Labute approximate surface area is 236 Å². The number of ether oxygens (including phenoxy) is 1. The number of methoxy groups -OCH3 is 1. The van der Waals surface area contributed by atoms with Crippen molar-refractivity contribution in [3.63, 3.8) is 0 Å². The van der Waals surface area contributed by atoms with Crippen LogP contribution in [0.1, 0.15) is 61.1 Å². The lowest BCUT2D eigenvalue weighted by Gasteiger charge is -2.35. The smallest absolute Gasteiger partial charge is 0.306 e. The second kappa shape index (κ2) is 14.1. The predicted molar refractivity (Wildman–Crippen MR) is 153 cm³/mol. The first-order chi connectivity index (χ1) is 18.4. The molecule has 1 heterocycles. The van der Waals surface area contributed by atoms with Gasteiger partial charge in [-0.2, -0.15) is 0 Å². The second-order valence-electron chi connectivity index (χ2n) is 10.5. The minimum Gasteiger partial charge on any atom is -0.469 e. The second-order valence-corrected chi connectivity index (χ2v) is 10.5. The number of amidine groups is 1. The number of carbonyl (C=O) groups is 3. The highest BCUT2D eigenvalue weighted by Crippen LogP contribution is 2.41. The fourth-order valence-electron chi connectivity index (χ4n) is 5.64. The Morgan fingerprint density at radius 1 is 1.08 bits per heavy atom. The minimum atomic E-state index is -0.364. The molecule has 0 radical (unpaired) electrons. The van der Waals surface area contributed by atoms with E-state index >= 15 is 0 Å². The summed E-state index contributed by atoms with van der Waals surface area (Å²) in [5.74, 6) is -0.258. The Morgan fingerprint density at radius 3 is 2.41 bits per heavy atom. The standard InChI is InChI=1S/C30H38N4O4.ClH/c1-38-27(35)19-25-18-26(34(30(25)37)15-5-8-20-6-3-2-4-7-20)13-14-33-29(36)24-16-23(17-24)21-9-11-22(12-10-21)28(31)32;/h2-4,6-7,9-12,23-26H,5,8,13-19H2,1H3,(H3,31,32)(H,33,36);1H/t23?,24?,25-,26+;/m0./s1. The zero-order chi connectivity index (χ0) is 27.1. The van der Waals surface area contributed by atoms with E-state index in [1.165, 1.54) is 18.2 Å². The Hall–Kier alpha value is -3.39. The van der Waals surface area contributed by atoms with Crippen LogP contribution in [0.4, 0.5) is 0 Å². The number of nitrogens with zero attached hydrogens (tertiary/aromatic N) is 1. The molecule has 0 aromatic heterocycles.